The zero-order valence-electron chi connectivity index (χ0n) is 15.1. The van der Waals surface area contributed by atoms with Gasteiger partial charge < -0.3 is 5.11 Å². The molecule has 24 heavy (non-hydrogen) atoms. The van der Waals surface area contributed by atoms with E-state index >= 15 is 0 Å². The van der Waals surface area contributed by atoms with Crippen LogP contribution in [0.15, 0.2) is 46.6 Å². The minimum atomic E-state index is -0.715. The fraction of sp³-hybridized carbons (Fsp3) is 0.591. The molecule has 4 rings (SSSR count). The van der Waals surface area contributed by atoms with E-state index in [1.807, 2.05) is 0 Å². The average Bonchev–Trinajstić information content (AvgIpc) is 3.19. The molecule has 0 saturated carbocycles. The first kappa shape index (κ1) is 16.5. The molecule has 0 saturated heterocycles. The van der Waals surface area contributed by atoms with E-state index < -0.39 is 14.0 Å². The number of rotatable bonds is 3. The molecule has 1 N–H and O–H groups in total. The zero-order chi connectivity index (χ0) is 16.7. The highest BCUT2D eigenvalue weighted by atomic mass is 28.2. The van der Waals surface area contributed by atoms with Crippen LogP contribution in [0.5, 0.6) is 0 Å². The Morgan fingerprint density at radius 3 is 1.79 bits per heavy atom. The number of allylic oxidation sites excluding steroid dienone is 4. The highest BCUT2D eigenvalue weighted by molar-refractivity contribution is 6.64. The zero-order valence-corrected chi connectivity index (χ0v) is 16.1. The predicted molar refractivity (Wildman–Crippen MR) is 105 cm³/mol. The molecule has 1 nitrogen and oxygen atoms in total. The minimum absolute atomic E-state index is 0.205. The van der Waals surface area contributed by atoms with Gasteiger partial charge in [-0.1, -0.05) is 54.2 Å². The maximum Gasteiger partial charge on any atom is 0.0988 e. The highest BCUT2D eigenvalue weighted by Crippen LogP contribution is 2.49. The molecule has 0 aromatic carbocycles. The van der Waals surface area contributed by atoms with Gasteiger partial charge in [0.05, 0.1) is 5.60 Å². The summed E-state index contributed by atoms with van der Waals surface area (Å²) in [6.07, 6.45) is 19.3. The molecule has 0 radical (unpaired) electrons. The molecule has 0 amide bonds. The molecule has 4 aliphatic rings. The van der Waals surface area contributed by atoms with Crippen LogP contribution in [0.1, 0.15) is 51.4 Å². The van der Waals surface area contributed by atoms with Crippen molar-refractivity contribution in [3.05, 3.63) is 46.6 Å². The molecule has 2 atom stereocenters. The Balaban J connectivity index is 1.76. The van der Waals surface area contributed by atoms with E-state index in [2.05, 4.69) is 43.1 Å². The van der Waals surface area contributed by atoms with Gasteiger partial charge >= 0.3 is 0 Å². The molecule has 0 aromatic heterocycles. The van der Waals surface area contributed by atoms with Crippen molar-refractivity contribution in [1.29, 1.82) is 0 Å². The standard InChI is InChI=1S/C22H30OSi/c1-24(2)15-22(23,20-13-11-16-7-3-5-9-18(16)20)21-14-12-17-8-4-6-10-19(17)21/h11-15,20-21,23H,3-10H2,1-2H3. The van der Waals surface area contributed by atoms with Crippen LogP contribution in [0.3, 0.4) is 0 Å². The molecular weight excluding hydrogens is 308 g/mol. The SMILES string of the molecule is C[Si](C)=CC(O)(C1C=CC2=C1CCCC2)C1C=CC2=C1CCCC2. The van der Waals surface area contributed by atoms with Crippen molar-refractivity contribution in [2.75, 3.05) is 0 Å². The average molecular weight is 339 g/mol. The van der Waals surface area contributed by atoms with Crippen molar-refractivity contribution < 1.29 is 5.11 Å². The molecule has 4 aliphatic carbocycles. The third-order valence-electron chi connectivity index (χ3n) is 6.36. The Labute approximate surface area is 148 Å². The van der Waals surface area contributed by atoms with Gasteiger partial charge in [0.2, 0.25) is 0 Å². The third kappa shape index (κ3) is 2.68. The van der Waals surface area contributed by atoms with E-state index in [1.54, 1.807) is 11.1 Å². The first-order chi connectivity index (χ1) is 11.6. The maximum absolute atomic E-state index is 12.1. The molecule has 0 heterocycles. The maximum atomic E-state index is 12.1. The second-order valence-corrected chi connectivity index (χ2v) is 10.7. The summed E-state index contributed by atoms with van der Waals surface area (Å²) in [4.78, 5) is 0. The van der Waals surface area contributed by atoms with Crippen molar-refractivity contribution >= 4 is 14.1 Å². The summed E-state index contributed by atoms with van der Waals surface area (Å²) in [6, 6.07) is 0. The largest absolute Gasteiger partial charge is 0.384 e. The van der Waals surface area contributed by atoms with E-state index in [-0.39, 0.29) is 11.8 Å². The third-order valence-corrected chi connectivity index (χ3v) is 7.40. The monoisotopic (exact) mass is 338 g/mol. The summed E-state index contributed by atoms with van der Waals surface area (Å²) in [5.41, 5.74) is 7.77. The molecule has 0 aliphatic heterocycles. The lowest BCUT2D eigenvalue weighted by Crippen LogP contribution is -2.48. The lowest BCUT2D eigenvalue weighted by Gasteiger charge is -2.40. The van der Waals surface area contributed by atoms with Crippen molar-refractivity contribution in [3.63, 3.8) is 0 Å². The fourth-order valence-corrected chi connectivity index (χ4v) is 6.64. The summed E-state index contributed by atoms with van der Waals surface area (Å²) in [5.74, 6) is 0.409. The summed E-state index contributed by atoms with van der Waals surface area (Å²) in [6.45, 7) is 4.61. The van der Waals surface area contributed by atoms with E-state index in [9.17, 15) is 5.11 Å². The van der Waals surface area contributed by atoms with Gasteiger partial charge in [-0.25, -0.2) is 0 Å². The fourth-order valence-electron chi connectivity index (χ4n) is 5.35. The molecular formula is C22H30OSi. The highest BCUT2D eigenvalue weighted by Gasteiger charge is 2.46. The van der Waals surface area contributed by atoms with Crippen molar-refractivity contribution in [2.24, 2.45) is 11.8 Å². The van der Waals surface area contributed by atoms with E-state index in [4.69, 9.17) is 0 Å². The van der Waals surface area contributed by atoms with Crippen LogP contribution < -0.4 is 0 Å². The lowest BCUT2D eigenvalue weighted by molar-refractivity contribution is 0.0580. The van der Waals surface area contributed by atoms with Crippen LogP contribution in [0.4, 0.5) is 0 Å². The van der Waals surface area contributed by atoms with E-state index in [0.29, 0.717) is 0 Å². The van der Waals surface area contributed by atoms with Gasteiger partial charge in [-0.2, -0.15) is 0 Å². The minimum Gasteiger partial charge on any atom is -0.384 e. The van der Waals surface area contributed by atoms with Crippen LogP contribution in [0.2, 0.25) is 13.1 Å². The topological polar surface area (TPSA) is 20.2 Å². The van der Waals surface area contributed by atoms with E-state index in [1.165, 1.54) is 62.5 Å². The van der Waals surface area contributed by atoms with Crippen LogP contribution in [0, 0.1) is 11.8 Å². The first-order valence-corrected chi connectivity index (χ1v) is 12.4. The Hall–Kier alpha value is -0.993. The Bertz CT molecular complexity index is 637. The molecule has 2 unspecified atom stereocenters. The van der Waals surface area contributed by atoms with Crippen LogP contribution in [-0.2, 0) is 0 Å². The van der Waals surface area contributed by atoms with Gasteiger partial charge in [0.25, 0.3) is 0 Å². The van der Waals surface area contributed by atoms with Gasteiger partial charge in [-0.15, -0.1) is 0 Å². The van der Waals surface area contributed by atoms with Gasteiger partial charge in [-0.05, 0) is 62.5 Å². The number of aliphatic hydroxyl groups is 1. The Morgan fingerprint density at radius 2 is 1.33 bits per heavy atom. The van der Waals surface area contributed by atoms with Crippen LogP contribution >= 0.6 is 0 Å². The Kier molecular flexibility index (Phi) is 4.38. The summed E-state index contributed by atoms with van der Waals surface area (Å²) in [5, 5.41) is 12.1. The molecule has 0 bridgehead atoms. The summed E-state index contributed by atoms with van der Waals surface area (Å²) < 4.78 is 0. The van der Waals surface area contributed by atoms with Crippen LogP contribution in [-0.4, -0.2) is 24.8 Å². The molecule has 128 valence electrons. The lowest BCUT2D eigenvalue weighted by atomic mass is 9.70. The second-order valence-electron chi connectivity index (χ2n) is 8.30. The first-order valence-electron chi connectivity index (χ1n) is 9.78. The van der Waals surface area contributed by atoms with Gasteiger partial charge in [0.15, 0.2) is 0 Å². The Morgan fingerprint density at radius 1 is 0.875 bits per heavy atom. The summed E-state index contributed by atoms with van der Waals surface area (Å²) in [7, 11) is -0.626. The van der Waals surface area contributed by atoms with Gasteiger partial charge in [0.1, 0.15) is 0 Å². The van der Waals surface area contributed by atoms with E-state index in [0.717, 1.165) is 0 Å². The molecule has 2 heteroatoms. The van der Waals surface area contributed by atoms with Crippen molar-refractivity contribution in [2.45, 2.75) is 70.1 Å². The quantitative estimate of drug-likeness (QED) is 0.720. The van der Waals surface area contributed by atoms with Gasteiger partial charge in [-0.3, -0.25) is 0 Å². The summed E-state index contributed by atoms with van der Waals surface area (Å²) >= 11 is 0. The smallest absolute Gasteiger partial charge is 0.0988 e. The number of hydrogen-bond donors (Lipinski definition) is 1. The van der Waals surface area contributed by atoms with Crippen molar-refractivity contribution in [1.82, 2.24) is 0 Å². The predicted octanol–water partition coefficient (Wildman–Crippen LogP) is 4.97. The second kappa shape index (κ2) is 6.38. The molecule has 0 fully saturated rings. The molecule has 0 spiro atoms. The van der Waals surface area contributed by atoms with Crippen LogP contribution in [0.25, 0.3) is 0 Å². The molecule has 0 aromatic rings. The normalized spacial score (nSPS) is 31.1. The van der Waals surface area contributed by atoms with Gasteiger partial charge in [0, 0.05) is 20.2 Å². The number of hydrogen-bond acceptors (Lipinski definition) is 1. The van der Waals surface area contributed by atoms with Crippen molar-refractivity contribution in [3.8, 4) is 0 Å².